The lowest BCUT2D eigenvalue weighted by molar-refractivity contribution is 0.0578. The zero-order valence-electron chi connectivity index (χ0n) is 16.1. The largest absolute Gasteiger partial charge is 0.333 e. The van der Waals surface area contributed by atoms with E-state index >= 15 is 0 Å². The van der Waals surface area contributed by atoms with Crippen LogP contribution in [-0.2, 0) is 6.42 Å². The Kier molecular flexibility index (Phi) is 5.48. The van der Waals surface area contributed by atoms with Gasteiger partial charge in [-0.3, -0.25) is 9.78 Å². The molecule has 0 aliphatic carbocycles. The Morgan fingerprint density at radius 1 is 1.07 bits per heavy atom. The SMILES string of the molecule is Cc1cnc(C(=O)N2C[C@H]3CC[C@@H]2CN(CCCc2ccccc2)C3)cn1. The number of piperidine rings is 1. The first-order valence-electron chi connectivity index (χ1n) is 10.0. The quantitative estimate of drug-likeness (QED) is 0.818. The van der Waals surface area contributed by atoms with Gasteiger partial charge in [-0.05, 0) is 50.6 Å². The molecule has 3 fully saturated rings. The number of aryl methyl sites for hydroxylation is 2. The molecule has 0 unspecified atom stereocenters. The number of carbonyl (C=O) groups excluding carboxylic acids is 1. The summed E-state index contributed by atoms with van der Waals surface area (Å²) in [5, 5.41) is 0. The van der Waals surface area contributed by atoms with Gasteiger partial charge in [0.2, 0.25) is 0 Å². The van der Waals surface area contributed by atoms with Crippen LogP contribution in [0.4, 0.5) is 0 Å². The summed E-state index contributed by atoms with van der Waals surface area (Å²) < 4.78 is 0. The second kappa shape index (κ2) is 8.17. The third-order valence-electron chi connectivity index (χ3n) is 5.83. The zero-order chi connectivity index (χ0) is 18.6. The molecule has 4 heterocycles. The molecule has 2 atom stereocenters. The van der Waals surface area contributed by atoms with Crippen LogP contribution in [0.5, 0.6) is 0 Å². The zero-order valence-corrected chi connectivity index (χ0v) is 16.1. The van der Waals surface area contributed by atoms with Gasteiger partial charge in [0.1, 0.15) is 5.69 Å². The lowest BCUT2D eigenvalue weighted by atomic mass is 9.95. The molecule has 27 heavy (non-hydrogen) atoms. The van der Waals surface area contributed by atoms with E-state index in [1.807, 2.05) is 6.92 Å². The van der Waals surface area contributed by atoms with E-state index in [-0.39, 0.29) is 5.91 Å². The van der Waals surface area contributed by atoms with E-state index in [4.69, 9.17) is 0 Å². The number of carbonyl (C=O) groups is 1. The summed E-state index contributed by atoms with van der Waals surface area (Å²) in [6.45, 7) is 5.94. The number of hydrogen-bond donors (Lipinski definition) is 0. The average Bonchev–Trinajstić information content (AvgIpc) is 3.00. The molecule has 2 aromatic rings. The predicted molar refractivity (Wildman–Crippen MR) is 106 cm³/mol. The van der Waals surface area contributed by atoms with Crippen molar-refractivity contribution in [2.45, 2.75) is 38.6 Å². The molecule has 0 radical (unpaired) electrons. The fourth-order valence-electron chi connectivity index (χ4n) is 4.41. The highest BCUT2D eigenvalue weighted by Gasteiger charge is 2.37. The van der Waals surface area contributed by atoms with Gasteiger partial charge in [0.25, 0.3) is 5.91 Å². The number of amides is 1. The number of benzene rings is 1. The Morgan fingerprint density at radius 2 is 1.93 bits per heavy atom. The second-order valence-corrected chi connectivity index (χ2v) is 7.95. The van der Waals surface area contributed by atoms with Crippen molar-refractivity contribution in [3.8, 4) is 0 Å². The minimum Gasteiger partial charge on any atom is -0.333 e. The highest BCUT2D eigenvalue weighted by Crippen LogP contribution is 2.29. The Morgan fingerprint density at radius 3 is 2.70 bits per heavy atom. The van der Waals surface area contributed by atoms with Gasteiger partial charge in [-0.2, -0.15) is 0 Å². The fraction of sp³-hybridized carbons (Fsp3) is 0.500. The van der Waals surface area contributed by atoms with Gasteiger partial charge in [0.05, 0.1) is 11.9 Å². The van der Waals surface area contributed by atoms with Crippen LogP contribution in [0.1, 0.15) is 41.0 Å². The van der Waals surface area contributed by atoms with Crippen molar-refractivity contribution in [3.05, 3.63) is 59.7 Å². The standard InChI is InChI=1S/C22H28N4O/c1-17-12-24-21(13-23-17)22(27)26-15-19-9-10-20(26)16-25(14-19)11-5-8-18-6-3-2-4-7-18/h2-4,6-7,12-13,19-20H,5,8-11,14-16H2,1H3/t19-,20+/m0/s1. The number of hydrogen-bond acceptors (Lipinski definition) is 4. The van der Waals surface area contributed by atoms with Crippen LogP contribution >= 0.6 is 0 Å². The predicted octanol–water partition coefficient (Wildman–Crippen LogP) is 2.95. The lowest BCUT2D eigenvalue weighted by Gasteiger charge is -2.36. The molecule has 1 aromatic heterocycles. The van der Waals surface area contributed by atoms with Crippen LogP contribution in [0, 0.1) is 12.8 Å². The first kappa shape index (κ1) is 18.1. The summed E-state index contributed by atoms with van der Waals surface area (Å²) in [6, 6.07) is 11.0. The lowest BCUT2D eigenvalue weighted by Crippen LogP contribution is -2.47. The van der Waals surface area contributed by atoms with Gasteiger partial charge in [-0.25, -0.2) is 4.98 Å². The molecule has 1 aromatic carbocycles. The van der Waals surface area contributed by atoms with Gasteiger partial charge in [0.15, 0.2) is 0 Å². The molecule has 0 N–H and O–H groups in total. The molecule has 3 aliphatic rings. The number of aromatic nitrogens is 2. The first-order chi connectivity index (χ1) is 13.2. The summed E-state index contributed by atoms with van der Waals surface area (Å²) in [5.41, 5.74) is 2.72. The van der Waals surface area contributed by atoms with E-state index in [1.54, 1.807) is 12.4 Å². The highest BCUT2D eigenvalue weighted by molar-refractivity contribution is 5.92. The normalized spacial score (nSPS) is 22.6. The first-order valence-corrected chi connectivity index (χ1v) is 10.0. The molecular formula is C22H28N4O. The summed E-state index contributed by atoms with van der Waals surface area (Å²) in [6.07, 6.45) is 7.91. The van der Waals surface area contributed by atoms with E-state index < -0.39 is 0 Å². The van der Waals surface area contributed by atoms with Crippen molar-refractivity contribution in [2.24, 2.45) is 5.92 Å². The highest BCUT2D eigenvalue weighted by atomic mass is 16.2. The Bertz CT molecular complexity index is 762. The average molecular weight is 364 g/mol. The summed E-state index contributed by atoms with van der Waals surface area (Å²) >= 11 is 0. The fourth-order valence-corrected chi connectivity index (χ4v) is 4.41. The molecule has 142 valence electrons. The third-order valence-corrected chi connectivity index (χ3v) is 5.83. The summed E-state index contributed by atoms with van der Waals surface area (Å²) in [4.78, 5) is 26.1. The van der Waals surface area contributed by atoms with Gasteiger partial charge < -0.3 is 9.80 Å². The third kappa shape index (κ3) is 4.35. The second-order valence-electron chi connectivity index (χ2n) is 7.95. The molecule has 0 spiro atoms. The molecule has 2 bridgehead atoms. The molecule has 1 amide bonds. The van der Waals surface area contributed by atoms with E-state index in [9.17, 15) is 4.79 Å². The maximum Gasteiger partial charge on any atom is 0.274 e. The van der Waals surface area contributed by atoms with E-state index in [0.717, 1.165) is 44.7 Å². The van der Waals surface area contributed by atoms with Crippen LogP contribution < -0.4 is 0 Å². The number of fused-ring (bicyclic) bond motifs is 4. The molecule has 0 saturated carbocycles. The van der Waals surface area contributed by atoms with E-state index in [0.29, 0.717) is 17.7 Å². The molecule has 5 rings (SSSR count). The van der Waals surface area contributed by atoms with Crippen LogP contribution in [0.25, 0.3) is 0 Å². The van der Waals surface area contributed by atoms with Crippen LogP contribution in [0.15, 0.2) is 42.7 Å². The monoisotopic (exact) mass is 364 g/mol. The molecule has 3 aliphatic heterocycles. The minimum absolute atomic E-state index is 0.0448. The number of rotatable bonds is 5. The van der Waals surface area contributed by atoms with E-state index in [2.05, 4.69) is 50.1 Å². The van der Waals surface area contributed by atoms with Crippen LogP contribution in [-0.4, -0.2) is 57.9 Å². The van der Waals surface area contributed by atoms with Gasteiger partial charge >= 0.3 is 0 Å². The van der Waals surface area contributed by atoms with Gasteiger partial charge in [0, 0.05) is 31.9 Å². The molecule has 5 heteroatoms. The molecule has 5 nitrogen and oxygen atoms in total. The summed E-state index contributed by atoms with van der Waals surface area (Å²) in [5.74, 6) is 0.617. The van der Waals surface area contributed by atoms with Crippen molar-refractivity contribution in [2.75, 3.05) is 26.2 Å². The van der Waals surface area contributed by atoms with Crippen LogP contribution in [0.3, 0.4) is 0 Å². The Hall–Kier alpha value is -2.27. The van der Waals surface area contributed by atoms with Crippen molar-refractivity contribution < 1.29 is 4.79 Å². The van der Waals surface area contributed by atoms with Gasteiger partial charge in [-0.1, -0.05) is 30.3 Å². The smallest absolute Gasteiger partial charge is 0.274 e. The van der Waals surface area contributed by atoms with Crippen molar-refractivity contribution in [3.63, 3.8) is 0 Å². The van der Waals surface area contributed by atoms with E-state index in [1.165, 1.54) is 18.4 Å². The Balaban J connectivity index is 1.37. The molecular weight excluding hydrogens is 336 g/mol. The number of nitrogens with zero attached hydrogens (tertiary/aromatic N) is 4. The van der Waals surface area contributed by atoms with Crippen molar-refractivity contribution >= 4 is 5.91 Å². The van der Waals surface area contributed by atoms with Crippen LogP contribution in [0.2, 0.25) is 0 Å². The minimum atomic E-state index is 0.0448. The van der Waals surface area contributed by atoms with Crippen molar-refractivity contribution in [1.29, 1.82) is 0 Å². The summed E-state index contributed by atoms with van der Waals surface area (Å²) in [7, 11) is 0. The maximum atomic E-state index is 13.0. The molecule has 3 saturated heterocycles. The Labute approximate surface area is 161 Å². The van der Waals surface area contributed by atoms with Crippen molar-refractivity contribution in [1.82, 2.24) is 19.8 Å². The topological polar surface area (TPSA) is 49.3 Å². The van der Waals surface area contributed by atoms with Gasteiger partial charge in [-0.15, -0.1) is 0 Å². The maximum absolute atomic E-state index is 13.0.